The summed E-state index contributed by atoms with van der Waals surface area (Å²) in [7, 11) is -1.35. The van der Waals surface area contributed by atoms with E-state index in [1.807, 2.05) is 29.2 Å². The molecule has 1 aromatic carbocycles. The van der Waals surface area contributed by atoms with Crippen LogP contribution in [0.2, 0.25) is 0 Å². The molecule has 0 amide bonds. The Balaban J connectivity index is 2.02. The van der Waals surface area contributed by atoms with Crippen molar-refractivity contribution in [1.29, 1.82) is 0 Å². The molecule has 0 bridgehead atoms. The molecular formula is C12H13NO3S3. The Hall–Kier alpha value is -0.790. The minimum atomic E-state index is -2.95. The molecule has 0 radical (unpaired) electrons. The van der Waals surface area contributed by atoms with Gasteiger partial charge in [0.25, 0.3) is 0 Å². The van der Waals surface area contributed by atoms with Crippen LogP contribution in [0.15, 0.2) is 24.3 Å². The summed E-state index contributed by atoms with van der Waals surface area (Å²) >= 11 is 6.88. The molecule has 2 heterocycles. The maximum absolute atomic E-state index is 11.8. The average molecular weight is 315 g/mol. The van der Waals surface area contributed by atoms with Crippen molar-refractivity contribution in [2.75, 3.05) is 23.5 Å². The van der Waals surface area contributed by atoms with Crippen LogP contribution in [0, 0.1) is 0 Å². The molecule has 7 heteroatoms. The summed E-state index contributed by atoms with van der Waals surface area (Å²) in [5.41, 5.74) is 0.854. The van der Waals surface area contributed by atoms with Crippen molar-refractivity contribution in [3.63, 3.8) is 0 Å². The van der Waals surface area contributed by atoms with Crippen molar-refractivity contribution in [3.05, 3.63) is 24.3 Å². The molecule has 4 nitrogen and oxygen atoms in total. The van der Waals surface area contributed by atoms with Gasteiger partial charge in [0.05, 0.1) is 30.3 Å². The molecule has 0 saturated carbocycles. The Morgan fingerprint density at radius 3 is 2.84 bits per heavy atom. The largest absolute Gasteiger partial charge is 0.495 e. The summed E-state index contributed by atoms with van der Waals surface area (Å²) in [5, 5.41) is 0.0439. The van der Waals surface area contributed by atoms with Gasteiger partial charge in [-0.1, -0.05) is 36.1 Å². The zero-order valence-corrected chi connectivity index (χ0v) is 12.7. The molecule has 0 spiro atoms. The van der Waals surface area contributed by atoms with Gasteiger partial charge in [0.2, 0.25) is 0 Å². The van der Waals surface area contributed by atoms with Gasteiger partial charge >= 0.3 is 0 Å². The van der Waals surface area contributed by atoms with E-state index in [2.05, 4.69) is 0 Å². The van der Waals surface area contributed by atoms with E-state index in [4.69, 9.17) is 17.0 Å². The van der Waals surface area contributed by atoms with Crippen LogP contribution in [-0.4, -0.2) is 42.6 Å². The minimum absolute atomic E-state index is 0.0439. The van der Waals surface area contributed by atoms with E-state index >= 15 is 0 Å². The van der Waals surface area contributed by atoms with Crippen molar-refractivity contribution in [1.82, 2.24) is 0 Å². The van der Waals surface area contributed by atoms with E-state index in [1.165, 1.54) is 11.8 Å². The summed E-state index contributed by atoms with van der Waals surface area (Å²) in [6.07, 6.45) is 0. The number of sulfone groups is 1. The van der Waals surface area contributed by atoms with Crippen LogP contribution in [0.1, 0.15) is 0 Å². The molecule has 0 aliphatic carbocycles. The average Bonchev–Trinajstić information content (AvgIpc) is 2.79. The number of hydrogen-bond acceptors (Lipinski definition) is 5. The number of thiocarbonyl (C=S) groups is 1. The third kappa shape index (κ3) is 2.23. The number of thioether (sulfide) groups is 1. The SMILES string of the molecule is COc1ccccc1N1C(=S)S[C@H]2CS(=O)(=O)C[C@@H]21. The number of fused-ring (bicyclic) bond motifs is 1. The highest BCUT2D eigenvalue weighted by molar-refractivity contribution is 8.24. The predicted octanol–water partition coefficient (Wildman–Crippen LogP) is 1.70. The number of rotatable bonds is 2. The van der Waals surface area contributed by atoms with Gasteiger partial charge in [-0.25, -0.2) is 8.42 Å². The van der Waals surface area contributed by atoms with Crippen LogP contribution in [0.3, 0.4) is 0 Å². The first kappa shape index (κ1) is 13.2. The lowest BCUT2D eigenvalue weighted by Gasteiger charge is -2.25. The van der Waals surface area contributed by atoms with Crippen molar-refractivity contribution in [2.24, 2.45) is 0 Å². The fourth-order valence-electron chi connectivity index (χ4n) is 2.58. The fourth-order valence-corrected chi connectivity index (χ4v) is 6.94. The third-order valence-corrected chi connectivity index (χ3v) is 6.99. The van der Waals surface area contributed by atoms with Crippen LogP contribution >= 0.6 is 24.0 Å². The third-order valence-electron chi connectivity index (χ3n) is 3.40. The highest BCUT2D eigenvalue weighted by Gasteiger charge is 2.49. The molecule has 102 valence electrons. The summed E-state index contributed by atoms with van der Waals surface area (Å²) in [5.74, 6) is 1.10. The van der Waals surface area contributed by atoms with Gasteiger partial charge in [-0.15, -0.1) is 0 Å². The Morgan fingerprint density at radius 1 is 1.37 bits per heavy atom. The second-order valence-corrected chi connectivity index (χ2v) is 8.64. The molecule has 0 aromatic heterocycles. The summed E-state index contributed by atoms with van der Waals surface area (Å²) in [4.78, 5) is 1.94. The zero-order chi connectivity index (χ0) is 13.6. The number of methoxy groups -OCH3 is 1. The first-order valence-electron chi connectivity index (χ1n) is 5.85. The van der Waals surface area contributed by atoms with Crippen LogP contribution in [0.4, 0.5) is 5.69 Å². The molecule has 19 heavy (non-hydrogen) atoms. The van der Waals surface area contributed by atoms with Crippen molar-refractivity contribution in [2.45, 2.75) is 11.3 Å². The zero-order valence-electron chi connectivity index (χ0n) is 10.3. The number of hydrogen-bond donors (Lipinski definition) is 0. The molecule has 2 aliphatic heterocycles. The van der Waals surface area contributed by atoms with E-state index < -0.39 is 9.84 Å². The van der Waals surface area contributed by atoms with Crippen molar-refractivity contribution >= 4 is 43.8 Å². The highest BCUT2D eigenvalue weighted by atomic mass is 32.2. The Kier molecular flexibility index (Phi) is 3.23. The second kappa shape index (κ2) is 4.64. The minimum Gasteiger partial charge on any atom is -0.495 e. The molecule has 1 aromatic rings. The van der Waals surface area contributed by atoms with Crippen molar-refractivity contribution < 1.29 is 13.2 Å². The Bertz CT molecular complexity index is 629. The molecular weight excluding hydrogens is 302 g/mol. The van der Waals surface area contributed by atoms with E-state index in [9.17, 15) is 8.42 Å². The number of nitrogens with zero attached hydrogens (tertiary/aromatic N) is 1. The second-order valence-electron chi connectivity index (χ2n) is 4.61. The van der Waals surface area contributed by atoms with Gasteiger partial charge in [-0.05, 0) is 12.1 Å². The molecule has 2 saturated heterocycles. The van der Waals surface area contributed by atoms with E-state index in [0.29, 0.717) is 0 Å². The molecule has 2 fully saturated rings. The summed E-state index contributed by atoms with van der Waals surface area (Å²) in [6, 6.07) is 7.50. The molecule has 0 N–H and O–H groups in total. The first-order valence-corrected chi connectivity index (χ1v) is 8.96. The smallest absolute Gasteiger partial charge is 0.153 e. The van der Waals surface area contributed by atoms with E-state index in [0.717, 1.165) is 15.8 Å². The lowest BCUT2D eigenvalue weighted by atomic mass is 10.2. The number of ether oxygens (including phenoxy) is 1. The normalized spacial score (nSPS) is 28.5. The number of anilines is 1. The molecule has 3 rings (SSSR count). The van der Waals surface area contributed by atoms with Crippen LogP contribution in [0.5, 0.6) is 5.75 Å². The number of para-hydroxylation sites is 2. The standard InChI is InChI=1S/C12H13NO3S3/c1-16-10-5-3-2-4-8(10)13-9-6-19(14,15)7-11(9)18-12(13)17/h2-5,9,11H,6-7H2,1H3/t9-,11-/m0/s1. The topological polar surface area (TPSA) is 46.6 Å². The molecule has 2 aliphatic rings. The maximum Gasteiger partial charge on any atom is 0.153 e. The Morgan fingerprint density at radius 2 is 2.11 bits per heavy atom. The first-order chi connectivity index (χ1) is 9.02. The molecule has 2 atom stereocenters. The monoisotopic (exact) mass is 315 g/mol. The lowest BCUT2D eigenvalue weighted by molar-refractivity contribution is 0.415. The highest BCUT2D eigenvalue weighted by Crippen LogP contribution is 2.43. The van der Waals surface area contributed by atoms with Crippen LogP contribution in [0.25, 0.3) is 0 Å². The summed E-state index contributed by atoms with van der Waals surface area (Å²) < 4.78 is 29.6. The van der Waals surface area contributed by atoms with Crippen LogP contribution < -0.4 is 9.64 Å². The van der Waals surface area contributed by atoms with Gasteiger partial charge in [-0.3, -0.25) is 0 Å². The van der Waals surface area contributed by atoms with Gasteiger partial charge in [0.15, 0.2) is 9.84 Å². The van der Waals surface area contributed by atoms with Crippen LogP contribution in [-0.2, 0) is 9.84 Å². The van der Waals surface area contributed by atoms with Gasteiger partial charge in [0.1, 0.15) is 10.1 Å². The maximum atomic E-state index is 11.8. The van der Waals surface area contributed by atoms with E-state index in [1.54, 1.807) is 7.11 Å². The van der Waals surface area contributed by atoms with Crippen molar-refractivity contribution in [3.8, 4) is 5.75 Å². The Labute approximate surface area is 122 Å². The quantitative estimate of drug-likeness (QED) is 0.774. The van der Waals surface area contributed by atoms with Gasteiger partial charge in [-0.2, -0.15) is 0 Å². The van der Waals surface area contributed by atoms with Gasteiger partial charge in [0, 0.05) is 5.25 Å². The predicted molar refractivity (Wildman–Crippen MR) is 81.9 cm³/mol. The van der Waals surface area contributed by atoms with Gasteiger partial charge < -0.3 is 9.64 Å². The fraction of sp³-hybridized carbons (Fsp3) is 0.417. The molecule has 0 unspecified atom stereocenters. The summed E-state index contributed by atoms with van der Waals surface area (Å²) in [6.45, 7) is 0. The number of benzene rings is 1. The van der Waals surface area contributed by atoms with E-state index in [-0.39, 0.29) is 22.8 Å². The lowest BCUT2D eigenvalue weighted by Crippen LogP contribution is -2.36.